The van der Waals surface area contributed by atoms with Gasteiger partial charge in [0.1, 0.15) is 0 Å². The van der Waals surface area contributed by atoms with Crippen molar-refractivity contribution in [3.63, 3.8) is 0 Å². The Balaban J connectivity index is 0. The number of carbonyl (C=O) groups is 2. The monoisotopic (exact) mass is 226 g/mol. The molecule has 0 bridgehead atoms. The van der Waals surface area contributed by atoms with Crippen molar-refractivity contribution in [2.24, 2.45) is 0 Å². The molecule has 0 heterocycles. The van der Waals surface area contributed by atoms with E-state index in [2.05, 4.69) is 12.6 Å². The summed E-state index contributed by atoms with van der Waals surface area (Å²) in [5.74, 6) is -1.39. The third-order valence-electron chi connectivity index (χ3n) is 1.37. The molecule has 6 heteroatoms. The average molecular weight is 226 g/mol. The van der Waals surface area contributed by atoms with Gasteiger partial charge < -0.3 is 27.3 Å². The fourth-order valence-electron chi connectivity index (χ4n) is 0.839. The standard InChI is InChI=1S/C8H6O3S.2Na/c9-7(10)5-3-1-2-4-6(5)8(11)12;;/h1-4H,(H,9,10)(H,11,12);;/q;2*+1/p-2. The van der Waals surface area contributed by atoms with Crippen molar-refractivity contribution in [3.8, 4) is 0 Å². The number of carboxylic acids is 1. The van der Waals surface area contributed by atoms with E-state index in [1.165, 1.54) is 18.2 Å². The van der Waals surface area contributed by atoms with Crippen LogP contribution < -0.4 is 64.2 Å². The van der Waals surface area contributed by atoms with Crippen LogP contribution in [0.5, 0.6) is 0 Å². The van der Waals surface area contributed by atoms with Crippen molar-refractivity contribution in [3.05, 3.63) is 35.4 Å². The fraction of sp³-hybridized carbons (Fsp3) is 0. The van der Waals surface area contributed by atoms with Gasteiger partial charge in [0.25, 0.3) is 0 Å². The maximum Gasteiger partial charge on any atom is 1.00 e. The molecule has 3 nitrogen and oxygen atoms in total. The fourth-order valence-corrected chi connectivity index (χ4v) is 1.02. The number of carbonyl (C=O) groups excluding carboxylic acids is 2. The van der Waals surface area contributed by atoms with Crippen LogP contribution in [0.2, 0.25) is 0 Å². The summed E-state index contributed by atoms with van der Waals surface area (Å²) in [6.07, 6.45) is 0. The average Bonchev–Trinajstić information content (AvgIpc) is 2.04. The van der Waals surface area contributed by atoms with Crippen molar-refractivity contribution in [1.29, 1.82) is 0 Å². The largest absolute Gasteiger partial charge is 1.00 e. The van der Waals surface area contributed by atoms with E-state index < -0.39 is 11.1 Å². The predicted molar refractivity (Wildman–Crippen MR) is 42.5 cm³/mol. The van der Waals surface area contributed by atoms with Gasteiger partial charge in [-0.25, -0.2) is 0 Å². The minimum Gasteiger partial charge on any atom is -0.737 e. The number of carboxylic acid groups (broad SMARTS) is 1. The van der Waals surface area contributed by atoms with Crippen LogP contribution in [0.1, 0.15) is 20.7 Å². The first-order valence-electron chi connectivity index (χ1n) is 3.14. The second-order valence-electron chi connectivity index (χ2n) is 2.12. The smallest absolute Gasteiger partial charge is 0.737 e. The molecule has 0 N–H and O–H groups in total. The van der Waals surface area contributed by atoms with E-state index >= 15 is 0 Å². The molecule has 0 aliphatic carbocycles. The summed E-state index contributed by atoms with van der Waals surface area (Å²) in [6.45, 7) is 0. The van der Waals surface area contributed by atoms with Crippen LogP contribution >= 0.6 is 0 Å². The van der Waals surface area contributed by atoms with Crippen molar-refractivity contribution in [1.82, 2.24) is 0 Å². The summed E-state index contributed by atoms with van der Waals surface area (Å²) in [5, 5.41) is 9.73. The number of hydrogen-bond donors (Lipinski definition) is 0. The minimum absolute atomic E-state index is 0. The number of hydrogen-bond acceptors (Lipinski definition) is 4. The van der Waals surface area contributed by atoms with Gasteiger partial charge in [-0.15, -0.1) is 0 Å². The first-order valence-corrected chi connectivity index (χ1v) is 3.55. The van der Waals surface area contributed by atoms with Gasteiger partial charge in [-0.1, -0.05) is 24.3 Å². The SMILES string of the molecule is O=C([O-])c1ccccc1C(=O)[S-].[Na+].[Na+]. The minimum atomic E-state index is -1.39. The van der Waals surface area contributed by atoms with Gasteiger partial charge >= 0.3 is 59.1 Å². The molecule has 0 spiro atoms. The summed E-state index contributed by atoms with van der Waals surface area (Å²) in [4.78, 5) is 21.1. The maximum absolute atomic E-state index is 10.7. The molecule has 14 heavy (non-hydrogen) atoms. The van der Waals surface area contributed by atoms with Crippen molar-refractivity contribution in [2.75, 3.05) is 0 Å². The summed E-state index contributed by atoms with van der Waals surface area (Å²) in [6, 6.07) is 5.70. The molecule has 0 unspecified atom stereocenters. The Morgan fingerprint density at radius 3 is 1.79 bits per heavy atom. The molecule has 0 aromatic heterocycles. The van der Waals surface area contributed by atoms with Crippen LogP contribution in [0.25, 0.3) is 0 Å². The van der Waals surface area contributed by atoms with E-state index in [1.807, 2.05) is 0 Å². The van der Waals surface area contributed by atoms with Crippen LogP contribution in [-0.4, -0.2) is 11.1 Å². The molecule has 0 aliphatic rings. The number of rotatable bonds is 2. The van der Waals surface area contributed by atoms with Crippen LogP contribution in [0.15, 0.2) is 24.3 Å². The molecule has 1 aromatic carbocycles. The third-order valence-corrected chi connectivity index (χ3v) is 1.59. The van der Waals surface area contributed by atoms with E-state index in [9.17, 15) is 14.7 Å². The van der Waals surface area contributed by atoms with Gasteiger partial charge in [-0.05, 0) is 0 Å². The second kappa shape index (κ2) is 7.82. The predicted octanol–water partition coefficient (Wildman–Crippen LogP) is -6.25. The summed E-state index contributed by atoms with van der Waals surface area (Å²) < 4.78 is 0. The summed E-state index contributed by atoms with van der Waals surface area (Å²) >= 11 is 4.32. The molecule has 0 saturated carbocycles. The zero-order valence-corrected chi connectivity index (χ0v) is 12.8. The zero-order valence-electron chi connectivity index (χ0n) is 7.94. The van der Waals surface area contributed by atoms with E-state index in [0.29, 0.717) is 0 Å². The molecular formula is C8H4Na2O3S. The van der Waals surface area contributed by atoms with Gasteiger partial charge in [-0.3, -0.25) is 0 Å². The summed E-state index contributed by atoms with van der Waals surface area (Å²) in [5.41, 5.74) is -0.148. The van der Waals surface area contributed by atoms with E-state index in [4.69, 9.17) is 0 Å². The first kappa shape index (κ1) is 17.0. The molecule has 1 aromatic rings. The molecule has 0 saturated heterocycles. The normalized spacial score (nSPS) is 8.00. The van der Waals surface area contributed by atoms with E-state index in [0.717, 1.165) is 0 Å². The Kier molecular flexibility index (Phi) is 9.49. The molecular weight excluding hydrogens is 222 g/mol. The van der Waals surface area contributed by atoms with Crippen LogP contribution in [0.4, 0.5) is 0 Å². The maximum atomic E-state index is 10.7. The molecule has 0 radical (unpaired) electrons. The zero-order chi connectivity index (χ0) is 9.14. The molecule has 0 aliphatic heterocycles. The van der Waals surface area contributed by atoms with Gasteiger partial charge in [0.2, 0.25) is 0 Å². The quantitative estimate of drug-likeness (QED) is 0.372. The summed E-state index contributed by atoms with van der Waals surface area (Å²) in [7, 11) is 0. The Bertz CT molecular complexity index is 308. The van der Waals surface area contributed by atoms with Crippen molar-refractivity contribution in [2.45, 2.75) is 0 Å². The third kappa shape index (κ3) is 4.40. The Labute approximate surface area is 131 Å². The van der Waals surface area contributed by atoms with Gasteiger partial charge in [0, 0.05) is 16.2 Å². The first-order chi connectivity index (χ1) is 5.63. The molecule has 1 rings (SSSR count). The number of aromatic carboxylic acids is 1. The Hall–Kier alpha value is 0.580. The van der Waals surface area contributed by atoms with Crippen LogP contribution in [0.3, 0.4) is 0 Å². The molecule has 0 fully saturated rings. The molecule has 0 amide bonds. The molecule has 62 valence electrons. The second-order valence-corrected chi connectivity index (χ2v) is 2.49. The van der Waals surface area contributed by atoms with Crippen LogP contribution in [0, 0.1) is 0 Å². The van der Waals surface area contributed by atoms with Crippen molar-refractivity contribution >= 4 is 23.7 Å². The van der Waals surface area contributed by atoms with Crippen molar-refractivity contribution < 1.29 is 73.8 Å². The van der Waals surface area contributed by atoms with Gasteiger partial charge in [0.05, 0.1) is 5.97 Å². The van der Waals surface area contributed by atoms with E-state index in [1.54, 1.807) is 6.07 Å². The van der Waals surface area contributed by atoms with Gasteiger partial charge in [-0.2, -0.15) is 0 Å². The Morgan fingerprint density at radius 1 is 1.07 bits per heavy atom. The molecule has 0 atom stereocenters. The van der Waals surface area contributed by atoms with Gasteiger partial charge in [0.15, 0.2) is 0 Å². The van der Waals surface area contributed by atoms with Crippen LogP contribution in [-0.2, 0) is 12.6 Å². The number of benzene rings is 1. The Morgan fingerprint density at radius 2 is 1.50 bits per heavy atom. The van der Waals surface area contributed by atoms with E-state index in [-0.39, 0.29) is 70.2 Å². The topological polar surface area (TPSA) is 57.2 Å².